The van der Waals surface area contributed by atoms with Crippen molar-refractivity contribution in [3.05, 3.63) is 23.7 Å². The van der Waals surface area contributed by atoms with E-state index >= 15 is 0 Å². The first kappa shape index (κ1) is 8.30. The summed E-state index contributed by atoms with van der Waals surface area (Å²) in [5.41, 5.74) is 9.14. The molecule has 0 radical (unpaired) electrons. The van der Waals surface area contributed by atoms with Crippen molar-refractivity contribution in [1.29, 1.82) is 0 Å². The van der Waals surface area contributed by atoms with E-state index in [0.29, 0.717) is 0 Å². The molecule has 2 nitrogen and oxygen atoms in total. The molecule has 2 aromatic rings. The van der Waals surface area contributed by atoms with Crippen molar-refractivity contribution >= 4 is 39.6 Å². The molecule has 2 rings (SSSR count). The summed E-state index contributed by atoms with van der Waals surface area (Å²) in [6.07, 6.45) is 0. The molecule has 0 aliphatic heterocycles. The molecule has 0 aliphatic rings. The number of rotatable bonds is 0. The predicted octanol–water partition coefficient (Wildman–Crippen LogP) is 2.30. The summed E-state index contributed by atoms with van der Waals surface area (Å²) in [5.74, 6) is 0. The number of nitrogens with zero attached hydrogens (tertiary/aromatic N) is 1. The molecule has 1 aromatic carbocycles. The quantitative estimate of drug-likeness (QED) is 0.642. The second kappa shape index (κ2) is 3.07. The van der Waals surface area contributed by atoms with E-state index in [2.05, 4.69) is 4.98 Å². The molecule has 58 valence electrons. The second-order valence-corrected chi connectivity index (χ2v) is 2.97. The summed E-state index contributed by atoms with van der Waals surface area (Å²) >= 11 is 1.63. The average Bonchev–Trinajstić information content (AvgIpc) is 2.33. The summed E-state index contributed by atoms with van der Waals surface area (Å²) in [6, 6.07) is 5.76. The van der Waals surface area contributed by atoms with E-state index in [0.717, 1.165) is 11.2 Å². The Balaban J connectivity index is 0.000000605. The summed E-state index contributed by atoms with van der Waals surface area (Å²) < 4.78 is 1.19. The fourth-order valence-corrected chi connectivity index (χ4v) is 1.53. The molecular weight excluding hydrogens is 180 g/mol. The monoisotopic (exact) mass is 186 g/mol. The third-order valence-corrected chi connectivity index (χ3v) is 2.16. The minimum Gasteiger partial charge on any atom is -0.399 e. The maximum Gasteiger partial charge on any atom is 0.0832 e. The van der Waals surface area contributed by atoms with Crippen molar-refractivity contribution in [2.24, 2.45) is 0 Å². The molecule has 0 aliphatic carbocycles. The van der Waals surface area contributed by atoms with E-state index in [1.807, 2.05) is 23.7 Å². The van der Waals surface area contributed by atoms with E-state index in [9.17, 15) is 0 Å². The van der Waals surface area contributed by atoms with Crippen molar-refractivity contribution in [2.75, 3.05) is 5.73 Å². The van der Waals surface area contributed by atoms with Gasteiger partial charge in [0.15, 0.2) is 0 Å². The van der Waals surface area contributed by atoms with Gasteiger partial charge in [-0.1, -0.05) is 0 Å². The molecule has 0 amide bonds. The van der Waals surface area contributed by atoms with Gasteiger partial charge >= 0.3 is 0 Å². The van der Waals surface area contributed by atoms with E-state index < -0.39 is 0 Å². The van der Waals surface area contributed by atoms with E-state index in [1.165, 1.54) is 4.70 Å². The lowest BCUT2D eigenvalue weighted by atomic mass is 10.3. The summed E-state index contributed by atoms with van der Waals surface area (Å²) in [4.78, 5) is 4.12. The van der Waals surface area contributed by atoms with Gasteiger partial charge in [-0.15, -0.1) is 23.7 Å². The first-order chi connectivity index (χ1) is 4.86. The van der Waals surface area contributed by atoms with Gasteiger partial charge in [-0.3, -0.25) is 0 Å². The zero-order valence-corrected chi connectivity index (χ0v) is 7.28. The first-order valence-corrected chi connectivity index (χ1v) is 3.83. The van der Waals surface area contributed by atoms with E-state index in [-0.39, 0.29) is 12.4 Å². The van der Waals surface area contributed by atoms with Crippen molar-refractivity contribution in [2.45, 2.75) is 0 Å². The van der Waals surface area contributed by atoms with Gasteiger partial charge in [-0.05, 0) is 18.2 Å². The molecule has 0 unspecified atom stereocenters. The number of nitrogen functional groups attached to an aromatic ring is 1. The van der Waals surface area contributed by atoms with Crippen LogP contribution in [-0.2, 0) is 0 Å². The lowest BCUT2D eigenvalue weighted by molar-refractivity contribution is 1.50. The molecule has 0 atom stereocenters. The van der Waals surface area contributed by atoms with Crippen molar-refractivity contribution in [3.8, 4) is 0 Å². The molecule has 11 heavy (non-hydrogen) atoms. The van der Waals surface area contributed by atoms with Crippen LogP contribution in [0.5, 0.6) is 0 Å². The molecule has 1 aromatic heterocycles. The average molecular weight is 187 g/mol. The van der Waals surface area contributed by atoms with Crippen LogP contribution >= 0.6 is 23.7 Å². The van der Waals surface area contributed by atoms with Gasteiger partial charge in [0.05, 0.1) is 15.7 Å². The largest absolute Gasteiger partial charge is 0.399 e. The van der Waals surface area contributed by atoms with Gasteiger partial charge in [0.1, 0.15) is 0 Å². The second-order valence-electron chi connectivity index (χ2n) is 2.08. The smallest absolute Gasteiger partial charge is 0.0832 e. The number of nitrogens with two attached hydrogens (primary N) is 1. The van der Waals surface area contributed by atoms with Crippen LogP contribution in [0, 0.1) is 0 Å². The van der Waals surface area contributed by atoms with Crippen LogP contribution in [0.1, 0.15) is 0 Å². The predicted molar refractivity (Wildman–Crippen MR) is 51.3 cm³/mol. The summed E-state index contributed by atoms with van der Waals surface area (Å²) in [5, 5.41) is 0. The van der Waals surface area contributed by atoms with Gasteiger partial charge in [-0.25, -0.2) is 4.98 Å². The van der Waals surface area contributed by atoms with Crippen molar-refractivity contribution < 1.29 is 0 Å². The molecule has 1 heterocycles. The summed E-state index contributed by atoms with van der Waals surface area (Å²) in [6.45, 7) is 0. The lowest BCUT2D eigenvalue weighted by Gasteiger charge is -1.89. The highest BCUT2D eigenvalue weighted by Gasteiger charge is 1.93. The normalized spacial score (nSPS) is 9.45. The Morgan fingerprint density at radius 3 is 3.00 bits per heavy atom. The van der Waals surface area contributed by atoms with Gasteiger partial charge < -0.3 is 5.73 Å². The number of hydrogen-bond donors (Lipinski definition) is 1. The molecule has 0 saturated carbocycles. The molecule has 0 spiro atoms. The number of aromatic nitrogens is 1. The zero-order chi connectivity index (χ0) is 6.97. The third kappa shape index (κ3) is 1.44. The standard InChI is InChI=1S/C7H6N2S.ClH/c8-5-1-2-7-6(3-5)9-4-10-7;/h1-4H,8H2;1H. The molecule has 4 heteroatoms. The van der Waals surface area contributed by atoms with Crippen LogP contribution in [-0.4, -0.2) is 4.98 Å². The van der Waals surface area contributed by atoms with Gasteiger partial charge in [0, 0.05) is 5.69 Å². The number of halogens is 1. The SMILES string of the molecule is Cl.Nc1ccc2scnc2c1. The van der Waals surface area contributed by atoms with Crippen LogP contribution in [0.4, 0.5) is 5.69 Å². The molecule has 0 bridgehead atoms. The Labute approximate surface area is 74.5 Å². The first-order valence-electron chi connectivity index (χ1n) is 2.95. The maximum atomic E-state index is 5.55. The van der Waals surface area contributed by atoms with Crippen molar-refractivity contribution in [3.63, 3.8) is 0 Å². The van der Waals surface area contributed by atoms with E-state index in [4.69, 9.17) is 5.73 Å². The van der Waals surface area contributed by atoms with Crippen LogP contribution in [0.3, 0.4) is 0 Å². The Morgan fingerprint density at radius 2 is 2.18 bits per heavy atom. The molecular formula is C7H7ClN2S. The maximum absolute atomic E-state index is 5.55. The van der Waals surface area contributed by atoms with Gasteiger partial charge in [-0.2, -0.15) is 0 Å². The van der Waals surface area contributed by atoms with Crippen LogP contribution in [0.2, 0.25) is 0 Å². The third-order valence-electron chi connectivity index (χ3n) is 1.35. The van der Waals surface area contributed by atoms with E-state index in [1.54, 1.807) is 11.3 Å². The Morgan fingerprint density at radius 1 is 1.36 bits per heavy atom. The topological polar surface area (TPSA) is 38.9 Å². The Bertz CT molecular complexity index is 358. The highest BCUT2D eigenvalue weighted by atomic mass is 35.5. The molecule has 2 N–H and O–H groups in total. The minimum atomic E-state index is 0. The van der Waals surface area contributed by atoms with Crippen LogP contribution in [0.25, 0.3) is 10.2 Å². The number of benzene rings is 1. The number of fused-ring (bicyclic) bond motifs is 1. The van der Waals surface area contributed by atoms with Gasteiger partial charge in [0.2, 0.25) is 0 Å². The van der Waals surface area contributed by atoms with Crippen LogP contribution in [0.15, 0.2) is 23.7 Å². The minimum absolute atomic E-state index is 0. The van der Waals surface area contributed by atoms with Crippen LogP contribution < -0.4 is 5.73 Å². The molecule has 0 fully saturated rings. The number of hydrogen-bond acceptors (Lipinski definition) is 3. The highest BCUT2D eigenvalue weighted by Crippen LogP contribution is 2.19. The van der Waals surface area contributed by atoms with Crippen molar-refractivity contribution in [1.82, 2.24) is 4.98 Å². The van der Waals surface area contributed by atoms with Gasteiger partial charge in [0.25, 0.3) is 0 Å². The number of anilines is 1. The summed E-state index contributed by atoms with van der Waals surface area (Å²) in [7, 11) is 0. The Kier molecular flexibility index (Phi) is 2.31. The number of thiazole rings is 1. The molecule has 0 saturated heterocycles. The fourth-order valence-electron chi connectivity index (χ4n) is 0.875. The lowest BCUT2D eigenvalue weighted by Crippen LogP contribution is -1.81. The highest BCUT2D eigenvalue weighted by molar-refractivity contribution is 7.16. The fraction of sp³-hybridized carbons (Fsp3) is 0. The Hall–Kier alpha value is -0.800. The zero-order valence-electron chi connectivity index (χ0n) is 5.65.